The lowest BCUT2D eigenvalue weighted by molar-refractivity contribution is -0.115. The van der Waals surface area contributed by atoms with Crippen LogP contribution in [0.4, 0.5) is 10.1 Å². The number of carbonyl (C=O) groups excluding carboxylic acids is 1. The van der Waals surface area contributed by atoms with Crippen molar-refractivity contribution in [3.63, 3.8) is 0 Å². The number of hydrogen-bond acceptors (Lipinski definition) is 2. The lowest BCUT2D eigenvalue weighted by Crippen LogP contribution is -2.12. The average Bonchev–Trinajstić information content (AvgIpc) is 3.01. The quantitative estimate of drug-likeness (QED) is 0.506. The number of amides is 1. The third-order valence-electron chi connectivity index (χ3n) is 5.65. The number of halogens is 1. The highest BCUT2D eigenvalue weighted by molar-refractivity contribution is 7.84. The number of anilines is 1. The van der Waals surface area contributed by atoms with Gasteiger partial charge in [0.2, 0.25) is 5.91 Å². The number of hydrogen-bond donors (Lipinski definition) is 1. The molecule has 0 aromatic heterocycles. The second-order valence-corrected chi connectivity index (χ2v) is 9.35. The van der Waals surface area contributed by atoms with Gasteiger partial charge in [-0.05, 0) is 89.7 Å². The molecule has 3 aromatic rings. The molecule has 3 aromatic carbocycles. The zero-order valence-corrected chi connectivity index (χ0v) is 19.1. The molecule has 32 heavy (non-hydrogen) atoms. The van der Waals surface area contributed by atoms with Gasteiger partial charge >= 0.3 is 0 Å². The Hall–Kier alpha value is -3.31. The number of benzene rings is 3. The van der Waals surface area contributed by atoms with Crippen LogP contribution < -0.4 is 5.32 Å². The van der Waals surface area contributed by atoms with Crippen LogP contribution >= 0.6 is 0 Å². The summed E-state index contributed by atoms with van der Waals surface area (Å²) >= 11 is 0. The Balaban J connectivity index is 1.67. The summed E-state index contributed by atoms with van der Waals surface area (Å²) in [4.78, 5) is 13.5. The molecule has 0 heterocycles. The monoisotopic (exact) mass is 445 g/mol. The first-order valence-electron chi connectivity index (χ1n) is 10.3. The summed E-state index contributed by atoms with van der Waals surface area (Å²) in [5.41, 5.74) is 7.20. The van der Waals surface area contributed by atoms with Gasteiger partial charge in [0, 0.05) is 27.6 Å². The highest BCUT2D eigenvalue weighted by Gasteiger charge is 2.25. The summed E-state index contributed by atoms with van der Waals surface area (Å²) < 4.78 is 25.7. The Bertz CT molecular complexity index is 1270. The maximum absolute atomic E-state index is 14.1. The molecule has 1 unspecified atom stereocenters. The third-order valence-corrected chi connectivity index (χ3v) is 6.59. The highest BCUT2D eigenvalue weighted by Crippen LogP contribution is 2.44. The first-order chi connectivity index (χ1) is 15.3. The second-order valence-electron chi connectivity index (χ2n) is 7.97. The van der Waals surface area contributed by atoms with Gasteiger partial charge in [0.1, 0.15) is 5.82 Å². The van der Waals surface area contributed by atoms with Crippen LogP contribution in [0.1, 0.15) is 35.6 Å². The van der Waals surface area contributed by atoms with E-state index in [0.717, 1.165) is 49.6 Å². The first-order valence-corrected chi connectivity index (χ1v) is 11.9. The fourth-order valence-electron chi connectivity index (χ4n) is 3.91. The zero-order chi connectivity index (χ0) is 22.8. The largest absolute Gasteiger partial charge is 0.326 e. The van der Waals surface area contributed by atoms with E-state index in [2.05, 4.69) is 5.32 Å². The lowest BCUT2D eigenvalue weighted by atomic mass is 10.0. The average molecular weight is 446 g/mol. The molecule has 0 aliphatic heterocycles. The molecular weight excluding hydrogens is 421 g/mol. The van der Waals surface area contributed by atoms with Gasteiger partial charge in [0.15, 0.2) is 0 Å². The van der Waals surface area contributed by atoms with Crippen molar-refractivity contribution in [2.24, 2.45) is 0 Å². The fourth-order valence-corrected chi connectivity index (χ4v) is 4.43. The van der Waals surface area contributed by atoms with Crippen molar-refractivity contribution in [2.45, 2.75) is 25.2 Å². The van der Waals surface area contributed by atoms with Gasteiger partial charge < -0.3 is 5.32 Å². The van der Waals surface area contributed by atoms with Crippen molar-refractivity contribution < 1.29 is 13.4 Å². The molecule has 1 aliphatic carbocycles. The Labute approximate surface area is 190 Å². The van der Waals surface area contributed by atoms with E-state index >= 15 is 0 Å². The van der Waals surface area contributed by atoms with E-state index < -0.39 is 10.8 Å². The Morgan fingerprint density at radius 2 is 1.66 bits per heavy atom. The van der Waals surface area contributed by atoms with Crippen LogP contribution in [0.2, 0.25) is 0 Å². The minimum Gasteiger partial charge on any atom is -0.326 e. The Morgan fingerprint density at radius 1 is 0.969 bits per heavy atom. The van der Waals surface area contributed by atoms with Crippen LogP contribution in [0.25, 0.3) is 17.2 Å². The van der Waals surface area contributed by atoms with Crippen molar-refractivity contribution in [2.75, 3.05) is 11.6 Å². The third kappa shape index (κ3) is 4.63. The molecule has 162 valence electrons. The highest BCUT2D eigenvalue weighted by atomic mass is 32.2. The van der Waals surface area contributed by atoms with Gasteiger partial charge in [-0.15, -0.1) is 0 Å². The van der Waals surface area contributed by atoms with Crippen LogP contribution in [-0.4, -0.2) is 16.4 Å². The maximum Gasteiger partial charge on any atom is 0.228 e. The van der Waals surface area contributed by atoms with E-state index in [4.69, 9.17) is 0 Å². The van der Waals surface area contributed by atoms with Crippen LogP contribution in [-0.2, 0) is 15.6 Å². The summed E-state index contributed by atoms with van der Waals surface area (Å²) in [6.45, 7) is 3.96. The maximum atomic E-state index is 14.1. The molecule has 0 spiro atoms. The van der Waals surface area contributed by atoms with Crippen molar-refractivity contribution in [3.8, 4) is 0 Å². The van der Waals surface area contributed by atoms with Crippen molar-refractivity contribution >= 4 is 39.6 Å². The predicted molar refractivity (Wildman–Crippen MR) is 130 cm³/mol. The standard InChI is InChI=1S/C27H24FNO2S/c1-17-4-9-21(10-5-17)29-27(30)16-25-18(2)24(23-13-8-20(28)15-26(23)25)14-19-6-11-22(12-7-19)32(3)31/h4-15H,16H2,1-3H3,(H,29,30). The molecule has 1 N–H and O–H groups in total. The molecule has 0 fully saturated rings. The van der Waals surface area contributed by atoms with Gasteiger partial charge in [-0.3, -0.25) is 9.00 Å². The molecule has 4 rings (SSSR count). The summed E-state index contributed by atoms with van der Waals surface area (Å²) in [6, 6.07) is 19.9. The van der Waals surface area contributed by atoms with Gasteiger partial charge in [0.25, 0.3) is 0 Å². The van der Waals surface area contributed by atoms with E-state index in [9.17, 15) is 13.4 Å². The number of nitrogens with one attached hydrogen (secondary N) is 1. The molecule has 3 nitrogen and oxygen atoms in total. The summed E-state index contributed by atoms with van der Waals surface area (Å²) in [7, 11) is -1.03. The molecule has 0 saturated carbocycles. The molecule has 0 bridgehead atoms. The van der Waals surface area contributed by atoms with Crippen LogP contribution in [0.3, 0.4) is 0 Å². The van der Waals surface area contributed by atoms with Crippen LogP contribution in [0.5, 0.6) is 0 Å². The predicted octanol–water partition coefficient (Wildman–Crippen LogP) is 6.23. The Morgan fingerprint density at radius 3 is 2.31 bits per heavy atom. The van der Waals surface area contributed by atoms with Gasteiger partial charge in [-0.1, -0.05) is 35.9 Å². The van der Waals surface area contributed by atoms with Crippen molar-refractivity contribution in [1.29, 1.82) is 0 Å². The van der Waals surface area contributed by atoms with E-state index in [1.54, 1.807) is 12.3 Å². The number of carbonyl (C=O) groups is 1. The van der Waals surface area contributed by atoms with Crippen molar-refractivity contribution in [1.82, 2.24) is 0 Å². The molecule has 0 saturated heterocycles. The van der Waals surface area contributed by atoms with Crippen LogP contribution in [0, 0.1) is 12.7 Å². The summed E-state index contributed by atoms with van der Waals surface area (Å²) in [5.74, 6) is -0.474. The molecule has 1 aliphatic rings. The summed E-state index contributed by atoms with van der Waals surface area (Å²) in [5, 5.41) is 2.93. The zero-order valence-electron chi connectivity index (χ0n) is 18.2. The second kappa shape index (κ2) is 9.05. The Kier molecular flexibility index (Phi) is 6.19. The topological polar surface area (TPSA) is 46.2 Å². The molecule has 0 radical (unpaired) electrons. The fraction of sp³-hybridized carbons (Fsp3) is 0.148. The van der Waals surface area contributed by atoms with E-state index in [0.29, 0.717) is 0 Å². The van der Waals surface area contributed by atoms with E-state index in [1.807, 2.05) is 68.5 Å². The first kappa shape index (κ1) is 21.9. The number of rotatable bonds is 5. The van der Waals surface area contributed by atoms with E-state index in [1.165, 1.54) is 12.1 Å². The SMILES string of the molecule is CC1=C(CC(=O)Nc2ccc(C)cc2)c2cc(F)ccc2C1=Cc1ccc(S(C)=O)cc1. The van der Waals surface area contributed by atoms with E-state index in [-0.39, 0.29) is 18.1 Å². The molecular formula is C27H24FNO2S. The van der Waals surface area contributed by atoms with Crippen LogP contribution in [0.15, 0.2) is 77.2 Å². The number of fused-ring (bicyclic) bond motifs is 1. The normalized spacial score (nSPS) is 15.1. The number of aryl methyl sites for hydroxylation is 1. The molecule has 1 atom stereocenters. The smallest absolute Gasteiger partial charge is 0.228 e. The van der Waals surface area contributed by atoms with Gasteiger partial charge in [-0.2, -0.15) is 0 Å². The van der Waals surface area contributed by atoms with Gasteiger partial charge in [-0.25, -0.2) is 4.39 Å². The lowest BCUT2D eigenvalue weighted by Gasteiger charge is -2.08. The summed E-state index contributed by atoms with van der Waals surface area (Å²) in [6.07, 6.45) is 3.83. The minimum atomic E-state index is -1.03. The minimum absolute atomic E-state index is 0.144. The molecule has 5 heteroatoms. The van der Waals surface area contributed by atoms with Gasteiger partial charge in [0.05, 0.1) is 6.42 Å². The number of allylic oxidation sites excluding steroid dienone is 2. The van der Waals surface area contributed by atoms with Crippen molar-refractivity contribution in [3.05, 3.63) is 100 Å². The molecule has 1 amide bonds.